The molecule has 0 atom stereocenters. The fraction of sp³-hybridized carbons (Fsp3) is 0.360. The van der Waals surface area contributed by atoms with E-state index in [0.717, 1.165) is 18.7 Å². The van der Waals surface area contributed by atoms with Gasteiger partial charge in [-0.25, -0.2) is 9.49 Å². The molecule has 3 aromatic rings. The lowest BCUT2D eigenvalue weighted by molar-refractivity contribution is 0.0698. The first-order valence-corrected chi connectivity index (χ1v) is 11.8. The quantitative estimate of drug-likeness (QED) is 0.595. The highest BCUT2D eigenvalue weighted by Crippen LogP contribution is 2.24. The standard InChI is InChI=1S/C25H26FN5O4/c26-19-7-6-16(15-20-22-17(4-1-8-27-22)23(32)29-28-20)14-18(19)24(33)30-9-3-10-31(12-11-30)25(34)21-5-2-13-35-21/h2,5-7,13-14,27H,1,3-4,8-12,15H2,(H,29,32). The third-order valence-electron chi connectivity index (χ3n) is 6.50. The van der Waals surface area contributed by atoms with E-state index < -0.39 is 11.7 Å². The van der Waals surface area contributed by atoms with Crippen molar-refractivity contribution in [2.75, 3.05) is 38.0 Å². The molecular weight excluding hydrogens is 453 g/mol. The highest BCUT2D eigenvalue weighted by atomic mass is 19.1. The monoisotopic (exact) mass is 479 g/mol. The second-order valence-corrected chi connectivity index (χ2v) is 8.79. The first kappa shape index (κ1) is 22.8. The van der Waals surface area contributed by atoms with Crippen molar-refractivity contribution < 1.29 is 18.4 Å². The molecule has 2 N–H and O–H groups in total. The molecule has 182 valence electrons. The summed E-state index contributed by atoms with van der Waals surface area (Å²) in [5, 5.41) is 10.00. The summed E-state index contributed by atoms with van der Waals surface area (Å²) in [4.78, 5) is 41.2. The maximum atomic E-state index is 14.7. The number of halogens is 1. The van der Waals surface area contributed by atoms with Crippen LogP contribution in [0.3, 0.4) is 0 Å². The van der Waals surface area contributed by atoms with E-state index in [-0.39, 0.29) is 22.8 Å². The van der Waals surface area contributed by atoms with Crippen LogP contribution < -0.4 is 10.9 Å². The summed E-state index contributed by atoms with van der Waals surface area (Å²) >= 11 is 0. The zero-order valence-electron chi connectivity index (χ0n) is 19.2. The molecule has 1 aromatic carbocycles. The van der Waals surface area contributed by atoms with Gasteiger partial charge in [0.2, 0.25) is 0 Å². The Bertz CT molecular complexity index is 1300. The molecule has 2 aliphatic heterocycles. The van der Waals surface area contributed by atoms with Gasteiger partial charge in [0.05, 0.1) is 23.2 Å². The van der Waals surface area contributed by atoms with Gasteiger partial charge in [0.1, 0.15) is 5.82 Å². The summed E-state index contributed by atoms with van der Waals surface area (Å²) < 4.78 is 19.9. The van der Waals surface area contributed by atoms with Crippen molar-refractivity contribution in [3.8, 4) is 0 Å². The molecule has 4 heterocycles. The Labute approximate surface area is 200 Å². The molecule has 2 aromatic heterocycles. The van der Waals surface area contributed by atoms with Crippen LogP contribution in [0.15, 0.2) is 45.8 Å². The number of furan rings is 1. The van der Waals surface area contributed by atoms with Gasteiger partial charge >= 0.3 is 0 Å². The second kappa shape index (κ2) is 9.73. The van der Waals surface area contributed by atoms with Crippen molar-refractivity contribution in [3.05, 3.63) is 80.9 Å². The Hall–Kier alpha value is -3.95. The van der Waals surface area contributed by atoms with Crippen molar-refractivity contribution >= 4 is 17.5 Å². The zero-order valence-corrected chi connectivity index (χ0v) is 19.2. The minimum atomic E-state index is -0.596. The average molecular weight is 480 g/mol. The number of nitrogens with one attached hydrogen (secondary N) is 2. The van der Waals surface area contributed by atoms with E-state index in [1.165, 1.54) is 12.3 Å². The summed E-state index contributed by atoms with van der Waals surface area (Å²) in [6.07, 6.45) is 3.92. The van der Waals surface area contributed by atoms with E-state index in [0.29, 0.717) is 62.3 Å². The molecule has 0 aliphatic carbocycles. The largest absolute Gasteiger partial charge is 0.459 e. The Kier molecular flexibility index (Phi) is 6.35. The number of carbonyl (C=O) groups excluding carboxylic acids is 2. The zero-order chi connectivity index (χ0) is 24.4. The number of hydrogen-bond acceptors (Lipinski definition) is 6. The molecular formula is C25H26FN5O4. The Morgan fingerprint density at radius 3 is 2.63 bits per heavy atom. The molecule has 10 heteroatoms. The van der Waals surface area contributed by atoms with Gasteiger partial charge < -0.3 is 19.5 Å². The smallest absolute Gasteiger partial charge is 0.289 e. The number of hydrogen-bond donors (Lipinski definition) is 2. The van der Waals surface area contributed by atoms with Crippen LogP contribution in [0.25, 0.3) is 0 Å². The molecule has 0 unspecified atom stereocenters. The number of aromatic amines is 1. The maximum Gasteiger partial charge on any atom is 0.289 e. The van der Waals surface area contributed by atoms with E-state index in [2.05, 4.69) is 15.5 Å². The number of H-pyrrole nitrogens is 1. The van der Waals surface area contributed by atoms with Crippen molar-refractivity contribution in [1.82, 2.24) is 20.0 Å². The van der Waals surface area contributed by atoms with Gasteiger partial charge in [-0.2, -0.15) is 5.10 Å². The van der Waals surface area contributed by atoms with Crippen LogP contribution in [-0.4, -0.2) is 64.5 Å². The van der Waals surface area contributed by atoms with Crippen LogP contribution >= 0.6 is 0 Å². The Morgan fingerprint density at radius 2 is 1.86 bits per heavy atom. The third-order valence-corrected chi connectivity index (χ3v) is 6.50. The van der Waals surface area contributed by atoms with Crippen LogP contribution in [0, 0.1) is 5.82 Å². The molecule has 2 aliphatic rings. The van der Waals surface area contributed by atoms with Crippen LogP contribution in [0.4, 0.5) is 10.1 Å². The maximum absolute atomic E-state index is 14.7. The predicted molar refractivity (Wildman–Crippen MR) is 126 cm³/mol. The first-order valence-electron chi connectivity index (χ1n) is 11.8. The topological polar surface area (TPSA) is 112 Å². The molecule has 0 radical (unpaired) electrons. The van der Waals surface area contributed by atoms with E-state index in [1.54, 1.807) is 34.1 Å². The minimum absolute atomic E-state index is 0.0143. The number of benzene rings is 1. The van der Waals surface area contributed by atoms with E-state index >= 15 is 0 Å². The van der Waals surface area contributed by atoms with Crippen molar-refractivity contribution in [1.29, 1.82) is 0 Å². The SMILES string of the molecule is O=C(c1ccco1)N1CCCN(C(=O)c2cc(Cc3n[nH]c(=O)c4c3NCCC4)ccc2F)CC1. The van der Waals surface area contributed by atoms with Gasteiger partial charge in [-0.15, -0.1) is 0 Å². The highest BCUT2D eigenvalue weighted by Gasteiger charge is 2.26. The van der Waals surface area contributed by atoms with E-state index in [4.69, 9.17) is 4.42 Å². The molecule has 0 spiro atoms. The molecule has 2 amide bonds. The normalized spacial score (nSPS) is 15.8. The minimum Gasteiger partial charge on any atom is -0.459 e. The molecule has 9 nitrogen and oxygen atoms in total. The lowest BCUT2D eigenvalue weighted by atomic mass is 9.99. The number of fused-ring (bicyclic) bond motifs is 1. The fourth-order valence-electron chi connectivity index (χ4n) is 4.67. The summed E-state index contributed by atoms with van der Waals surface area (Å²) in [6, 6.07) is 7.74. The molecule has 0 saturated carbocycles. The Morgan fingerprint density at radius 1 is 1.06 bits per heavy atom. The van der Waals surface area contributed by atoms with Gasteiger partial charge in [-0.1, -0.05) is 6.07 Å². The fourth-order valence-corrected chi connectivity index (χ4v) is 4.67. The van der Waals surface area contributed by atoms with Crippen molar-refractivity contribution in [2.45, 2.75) is 25.7 Å². The number of amides is 2. The van der Waals surface area contributed by atoms with Crippen LogP contribution in [0.2, 0.25) is 0 Å². The highest BCUT2D eigenvalue weighted by molar-refractivity contribution is 5.95. The van der Waals surface area contributed by atoms with Gasteiger partial charge in [0.15, 0.2) is 5.76 Å². The van der Waals surface area contributed by atoms with Gasteiger partial charge in [-0.05, 0) is 49.1 Å². The molecule has 35 heavy (non-hydrogen) atoms. The number of rotatable bonds is 4. The summed E-state index contributed by atoms with van der Waals surface area (Å²) in [5.41, 5.74) is 2.56. The van der Waals surface area contributed by atoms with Crippen LogP contribution in [-0.2, 0) is 12.8 Å². The average Bonchev–Trinajstić information content (AvgIpc) is 3.31. The summed E-state index contributed by atoms with van der Waals surface area (Å²) in [7, 11) is 0. The lowest BCUT2D eigenvalue weighted by Gasteiger charge is -2.22. The lowest BCUT2D eigenvalue weighted by Crippen LogP contribution is -2.37. The number of carbonyl (C=O) groups is 2. The van der Waals surface area contributed by atoms with Crippen LogP contribution in [0.5, 0.6) is 0 Å². The molecule has 1 saturated heterocycles. The number of nitrogens with zero attached hydrogens (tertiary/aromatic N) is 3. The van der Waals surface area contributed by atoms with Gasteiger partial charge in [-0.3, -0.25) is 14.4 Å². The molecule has 1 fully saturated rings. The molecule has 0 bridgehead atoms. The Balaban J connectivity index is 1.32. The van der Waals surface area contributed by atoms with E-state index in [1.807, 2.05) is 0 Å². The van der Waals surface area contributed by atoms with Crippen LogP contribution in [0.1, 0.15) is 50.6 Å². The second-order valence-electron chi connectivity index (χ2n) is 8.79. The predicted octanol–water partition coefficient (Wildman–Crippen LogP) is 2.44. The summed E-state index contributed by atoms with van der Waals surface area (Å²) in [6.45, 7) is 2.30. The third kappa shape index (κ3) is 4.68. The van der Waals surface area contributed by atoms with Gasteiger partial charge in [0, 0.05) is 44.7 Å². The van der Waals surface area contributed by atoms with E-state index in [9.17, 15) is 18.8 Å². The van der Waals surface area contributed by atoms with Crippen molar-refractivity contribution in [3.63, 3.8) is 0 Å². The summed E-state index contributed by atoms with van der Waals surface area (Å²) in [5.74, 6) is -0.966. The number of anilines is 1. The molecule has 5 rings (SSSR count). The first-order chi connectivity index (χ1) is 17.0. The number of aromatic nitrogens is 2. The van der Waals surface area contributed by atoms with Gasteiger partial charge in [0.25, 0.3) is 17.4 Å². The van der Waals surface area contributed by atoms with Crippen molar-refractivity contribution in [2.24, 2.45) is 0 Å².